The fourth-order valence-electron chi connectivity index (χ4n) is 0.581. The van der Waals surface area contributed by atoms with E-state index < -0.39 is 0 Å². The Balaban J connectivity index is -0.0000000116. The molecule has 1 aromatic heterocycles. The van der Waals surface area contributed by atoms with Crippen molar-refractivity contribution < 1.29 is 24.2 Å². The maximum atomic E-state index is 2.99. The molecule has 0 unspecified atom stereocenters. The molecule has 2 rings (SSSR count). The van der Waals surface area contributed by atoms with Crippen molar-refractivity contribution in [1.29, 1.82) is 0 Å². The first-order chi connectivity index (χ1) is 6.73. The molecule has 1 heterocycles. The first kappa shape index (κ1) is 65.8. The van der Waals surface area contributed by atoms with E-state index in [0.29, 0.717) is 0 Å². The van der Waals surface area contributed by atoms with Crippen LogP contribution in [-0.4, -0.2) is 8.19 Å². The minimum Gasteiger partial charge on any atom is -0.484 e. The second-order valence-electron chi connectivity index (χ2n) is 2.82. The zero-order valence-electron chi connectivity index (χ0n) is 16.5. The van der Waals surface area contributed by atoms with Crippen molar-refractivity contribution in [2.45, 2.75) is 20.3 Å². The Morgan fingerprint density at radius 2 is 1.39 bits per heavy atom. The number of hydrogen-bond acceptors (Lipinski definition) is 0. The van der Waals surface area contributed by atoms with Crippen LogP contribution in [0.1, 0.15) is 20.3 Å². The van der Waals surface area contributed by atoms with E-state index >= 15 is 0 Å². The number of allylic oxidation sites excluding steroid dienone is 4. The van der Waals surface area contributed by atoms with E-state index in [2.05, 4.69) is 37.2 Å². The summed E-state index contributed by atoms with van der Waals surface area (Å²) in [6.07, 6.45) is 14.6. The Kier molecular flexibility index (Phi) is 164. The third-order valence-corrected chi connectivity index (χ3v) is 1.03. The standard InChI is InChI=1S/C5H5.C4H4N.C3H6.7CH3.2ClH.Zr/c2*1-2-4-5-3-1;1-3-2;;;;;;;;;;/h1-3H,4H2;1-3,5H;1-2H3;7*1H3;2*1H;/q2*-1;;7*-1;;;. The van der Waals surface area contributed by atoms with Crippen molar-refractivity contribution in [2.75, 3.05) is 0 Å². The maximum absolute atomic E-state index is 2.99. The van der Waals surface area contributed by atoms with E-state index in [1.807, 2.05) is 30.5 Å². The SMILES string of the molecule is C[C](C)=[Zr].Cl.Cl.[C-]1=CC=CC1.[CH3-].[CH3-].[CH3-].[CH3-].[CH3-].[CH3-].[CH3-].[c-]1ccc[nH]1. The molecule has 4 heteroatoms. The van der Waals surface area contributed by atoms with Crippen LogP contribution < -0.4 is 0 Å². The monoisotopic (exact) mass is 440 g/mol. The van der Waals surface area contributed by atoms with Gasteiger partial charge in [-0.25, -0.2) is 12.2 Å². The average molecular weight is 443 g/mol. The molecule has 1 aromatic rings. The van der Waals surface area contributed by atoms with Crippen LogP contribution >= 0.6 is 24.8 Å². The smallest absolute Gasteiger partial charge is 0.108 e. The number of H-pyrrole nitrogens is 1. The predicted octanol–water partition coefficient (Wildman–Crippen LogP) is 6.86. The zero-order valence-corrected chi connectivity index (χ0v) is 20.6. The van der Waals surface area contributed by atoms with Gasteiger partial charge in [0.2, 0.25) is 0 Å². The van der Waals surface area contributed by atoms with Gasteiger partial charge in [0.15, 0.2) is 0 Å². The van der Waals surface area contributed by atoms with Gasteiger partial charge in [-0.2, -0.15) is 24.4 Å². The van der Waals surface area contributed by atoms with E-state index in [4.69, 9.17) is 0 Å². The number of aromatic amines is 1. The van der Waals surface area contributed by atoms with Crippen LogP contribution in [0.15, 0.2) is 36.6 Å². The van der Waals surface area contributed by atoms with E-state index in [-0.39, 0.29) is 76.8 Å². The molecule has 0 aromatic carbocycles. The number of hydrogen-bond donors (Lipinski definition) is 1. The van der Waals surface area contributed by atoms with Crippen LogP contribution in [0.25, 0.3) is 0 Å². The summed E-state index contributed by atoms with van der Waals surface area (Å²) >= 11 is 1.55. The molecule has 23 heavy (non-hydrogen) atoms. The van der Waals surface area contributed by atoms with Crippen molar-refractivity contribution in [3.8, 4) is 0 Å². The summed E-state index contributed by atoms with van der Waals surface area (Å²) in [5.41, 5.74) is 0. The van der Waals surface area contributed by atoms with Crippen LogP contribution in [0.4, 0.5) is 0 Å². The summed E-state index contributed by atoms with van der Waals surface area (Å²) in [6.45, 7) is 4.25. The Labute approximate surface area is 177 Å². The normalized spacial score (nSPS) is 6.65. The van der Waals surface area contributed by atoms with Crippen LogP contribution in [-0.2, 0) is 24.2 Å². The average Bonchev–Trinajstić information content (AvgIpc) is 2.83. The quantitative estimate of drug-likeness (QED) is 0.422. The summed E-state index contributed by atoms with van der Waals surface area (Å²) in [6, 6.07) is 3.71. The predicted molar refractivity (Wildman–Crippen MR) is 117 cm³/mol. The maximum Gasteiger partial charge on any atom is -0.108 e. The van der Waals surface area contributed by atoms with Gasteiger partial charge in [-0.1, -0.05) is 0 Å². The second kappa shape index (κ2) is 57.3. The fraction of sp³-hybridized carbons (Fsp3) is 0.158. The molecule has 146 valence electrons. The molecular formula is C19H38Cl2NZr-9. The molecule has 0 bridgehead atoms. The number of aromatic nitrogens is 1. The summed E-state index contributed by atoms with van der Waals surface area (Å²) in [5, 5.41) is 0. The first-order valence-electron chi connectivity index (χ1n) is 4.46. The molecule has 0 atom stereocenters. The second-order valence-corrected chi connectivity index (χ2v) is 5.28. The molecule has 1 aliphatic rings. The molecule has 1 aliphatic carbocycles. The van der Waals surface area contributed by atoms with E-state index in [1.165, 1.54) is 3.21 Å². The van der Waals surface area contributed by atoms with Gasteiger partial charge in [-0.3, -0.25) is 6.08 Å². The van der Waals surface area contributed by atoms with Gasteiger partial charge in [0, 0.05) is 0 Å². The minimum atomic E-state index is 0. The van der Waals surface area contributed by atoms with Crippen LogP contribution in [0.2, 0.25) is 0 Å². The fourth-order valence-corrected chi connectivity index (χ4v) is 0.581. The van der Waals surface area contributed by atoms with Crippen LogP contribution in [0.3, 0.4) is 0 Å². The topological polar surface area (TPSA) is 15.8 Å². The third-order valence-electron chi connectivity index (χ3n) is 1.03. The van der Waals surface area contributed by atoms with Crippen molar-refractivity contribution in [2.24, 2.45) is 0 Å². The Hall–Kier alpha value is 0.0931. The van der Waals surface area contributed by atoms with Crippen molar-refractivity contribution in [3.63, 3.8) is 0 Å². The molecule has 1 N–H and O–H groups in total. The van der Waals surface area contributed by atoms with Gasteiger partial charge >= 0.3 is 41.3 Å². The number of nitrogens with one attached hydrogen (secondary N) is 1. The third kappa shape index (κ3) is 87.6. The van der Waals surface area contributed by atoms with Gasteiger partial charge in [-0.05, 0) is 0 Å². The summed E-state index contributed by atoms with van der Waals surface area (Å²) in [7, 11) is 0. The molecule has 0 saturated heterocycles. The molecule has 0 amide bonds. The molecule has 0 fully saturated rings. The van der Waals surface area contributed by atoms with Crippen LogP contribution in [0, 0.1) is 64.3 Å². The van der Waals surface area contributed by atoms with Crippen molar-refractivity contribution >= 4 is 28.0 Å². The summed E-state index contributed by atoms with van der Waals surface area (Å²) in [5.74, 6) is 0. The Morgan fingerprint density at radius 3 is 1.48 bits per heavy atom. The first-order valence-corrected chi connectivity index (χ1v) is 5.69. The van der Waals surface area contributed by atoms with E-state index in [0.717, 1.165) is 6.42 Å². The van der Waals surface area contributed by atoms with E-state index in [9.17, 15) is 0 Å². The van der Waals surface area contributed by atoms with Gasteiger partial charge in [0.1, 0.15) is 0 Å². The Morgan fingerprint density at radius 1 is 0.957 bits per heavy atom. The van der Waals surface area contributed by atoms with Crippen molar-refractivity contribution in [3.05, 3.63) is 101 Å². The van der Waals surface area contributed by atoms with E-state index in [1.54, 1.807) is 24.2 Å². The number of halogens is 2. The number of rotatable bonds is 0. The minimum absolute atomic E-state index is 0. The van der Waals surface area contributed by atoms with Gasteiger partial charge in [0.25, 0.3) is 0 Å². The summed E-state index contributed by atoms with van der Waals surface area (Å²) < 4.78 is 1.51. The largest absolute Gasteiger partial charge is 0.484 e. The van der Waals surface area contributed by atoms with Gasteiger partial charge in [-0.15, -0.1) is 37.4 Å². The molecular weight excluding hydrogens is 404 g/mol. The van der Waals surface area contributed by atoms with Crippen LogP contribution in [0.5, 0.6) is 0 Å². The van der Waals surface area contributed by atoms with Crippen molar-refractivity contribution in [1.82, 2.24) is 4.98 Å². The zero-order chi connectivity index (χ0) is 10.6. The molecule has 0 aliphatic heterocycles. The molecule has 0 saturated carbocycles. The molecule has 1 nitrogen and oxygen atoms in total. The summed E-state index contributed by atoms with van der Waals surface area (Å²) in [4.78, 5) is 2.74. The Bertz CT molecular complexity index is 250. The molecule has 0 spiro atoms. The van der Waals surface area contributed by atoms with Gasteiger partial charge < -0.3 is 57.0 Å². The van der Waals surface area contributed by atoms with Gasteiger partial charge in [0.05, 0.1) is 0 Å². The molecule has 0 radical (unpaired) electrons.